The molecule has 3 rings (SSSR count). The predicted molar refractivity (Wildman–Crippen MR) is 74.5 cm³/mol. The van der Waals surface area contributed by atoms with Crippen LogP contribution in [0, 0.1) is 0 Å². The molecule has 1 saturated heterocycles. The first-order valence-electron chi connectivity index (χ1n) is 6.96. The van der Waals surface area contributed by atoms with Gasteiger partial charge in [0.1, 0.15) is 13.2 Å². The van der Waals surface area contributed by atoms with Crippen LogP contribution in [-0.2, 0) is 6.54 Å². The van der Waals surface area contributed by atoms with Crippen LogP contribution in [0.3, 0.4) is 0 Å². The van der Waals surface area contributed by atoms with Gasteiger partial charge in [-0.15, -0.1) is 0 Å². The molecule has 1 aromatic rings. The van der Waals surface area contributed by atoms with E-state index in [0.29, 0.717) is 13.2 Å². The Hall–Kier alpha value is -1.26. The van der Waals surface area contributed by atoms with Crippen LogP contribution in [0.15, 0.2) is 18.2 Å². The van der Waals surface area contributed by atoms with Crippen molar-refractivity contribution in [2.45, 2.75) is 38.4 Å². The molecule has 1 atom stereocenters. The normalized spacial score (nSPS) is 25.5. The summed E-state index contributed by atoms with van der Waals surface area (Å²) in [5, 5.41) is 0. The summed E-state index contributed by atoms with van der Waals surface area (Å²) in [7, 11) is 0. The molecule has 0 bridgehead atoms. The van der Waals surface area contributed by atoms with Crippen LogP contribution < -0.4 is 15.2 Å². The van der Waals surface area contributed by atoms with E-state index in [0.717, 1.165) is 31.0 Å². The van der Waals surface area contributed by atoms with E-state index in [1.807, 2.05) is 6.07 Å². The third kappa shape index (κ3) is 2.30. The first-order chi connectivity index (χ1) is 9.07. The van der Waals surface area contributed by atoms with Gasteiger partial charge in [-0.2, -0.15) is 0 Å². The molecule has 0 aliphatic carbocycles. The minimum Gasteiger partial charge on any atom is -0.486 e. The highest BCUT2D eigenvalue weighted by Crippen LogP contribution is 2.33. The van der Waals surface area contributed by atoms with E-state index in [1.165, 1.54) is 5.56 Å². The van der Waals surface area contributed by atoms with E-state index in [4.69, 9.17) is 15.2 Å². The summed E-state index contributed by atoms with van der Waals surface area (Å²) in [6.07, 6.45) is 1.07. The first kappa shape index (κ1) is 12.8. The summed E-state index contributed by atoms with van der Waals surface area (Å²) in [6, 6.07) is 6.47. The van der Waals surface area contributed by atoms with Gasteiger partial charge in [-0.25, -0.2) is 0 Å². The van der Waals surface area contributed by atoms with Gasteiger partial charge in [0.2, 0.25) is 0 Å². The van der Waals surface area contributed by atoms with E-state index in [9.17, 15) is 0 Å². The number of hydrogen-bond acceptors (Lipinski definition) is 4. The Morgan fingerprint density at radius 1 is 1.26 bits per heavy atom. The Kier molecular flexibility index (Phi) is 3.15. The summed E-state index contributed by atoms with van der Waals surface area (Å²) in [6.45, 7) is 7.70. The fourth-order valence-electron chi connectivity index (χ4n) is 2.86. The number of ether oxygens (including phenoxy) is 2. The van der Waals surface area contributed by atoms with Crippen molar-refractivity contribution in [3.63, 3.8) is 0 Å². The van der Waals surface area contributed by atoms with Crippen molar-refractivity contribution in [1.82, 2.24) is 4.90 Å². The number of likely N-dealkylation sites (tertiary alicyclic amines) is 1. The van der Waals surface area contributed by atoms with Crippen LogP contribution in [0.25, 0.3) is 0 Å². The van der Waals surface area contributed by atoms with Crippen molar-refractivity contribution in [3.05, 3.63) is 23.8 Å². The lowest BCUT2D eigenvalue weighted by atomic mass is 9.96. The van der Waals surface area contributed by atoms with E-state index >= 15 is 0 Å². The lowest BCUT2D eigenvalue weighted by Gasteiger charge is -2.34. The van der Waals surface area contributed by atoms with Crippen molar-refractivity contribution in [2.24, 2.45) is 5.73 Å². The lowest BCUT2D eigenvalue weighted by Crippen LogP contribution is -2.48. The molecular formula is C15H22N2O2. The molecule has 2 aliphatic heterocycles. The molecule has 1 unspecified atom stereocenters. The second kappa shape index (κ2) is 4.69. The van der Waals surface area contributed by atoms with E-state index in [-0.39, 0.29) is 11.6 Å². The van der Waals surface area contributed by atoms with Gasteiger partial charge < -0.3 is 15.2 Å². The molecule has 104 valence electrons. The minimum atomic E-state index is 0.0628. The standard InChI is InChI=1S/C15H22N2O2/c1-15(2)14(16)5-6-17(15)10-11-3-4-12-13(9-11)19-8-7-18-12/h3-4,9,14H,5-8,10,16H2,1-2H3. The number of rotatable bonds is 2. The second-order valence-corrected chi connectivity index (χ2v) is 5.95. The zero-order valence-electron chi connectivity index (χ0n) is 11.7. The Balaban J connectivity index is 1.77. The van der Waals surface area contributed by atoms with Crippen LogP contribution in [0.2, 0.25) is 0 Å². The number of nitrogens with zero attached hydrogens (tertiary/aromatic N) is 1. The maximum absolute atomic E-state index is 6.18. The molecule has 4 nitrogen and oxygen atoms in total. The van der Waals surface area contributed by atoms with Crippen molar-refractivity contribution in [3.8, 4) is 11.5 Å². The van der Waals surface area contributed by atoms with Gasteiger partial charge >= 0.3 is 0 Å². The monoisotopic (exact) mass is 262 g/mol. The summed E-state index contributed by atoms with van der Waals surface area (Å²) >= 11 is 0. The molecule has 0 radical (unpaired) electrons. The third-order valence-electron chi connectivity index (χ3n) is 4.41. The van der Waals surface area contributed by atoms with E-state index in [2.05, 4.69) is 30.9 Å². The van der Waals surface area contributed by atoms with Gasteiger partial charge in [-0.3, -0.25) is 4.90 Å². The topological polar surface area (TPSA) is 47.7 Å². The SMILES string of the molecule is CC1(C)C(N)CCN1Cc1ccc2c(c1)OCCO2. The Labute approximate surface area is 114 Å². The summed E-state index contributed by atoms with van der Waals surface area (Å²) in [4.78, 5) is 2.45. The van der Waals surface area contributed by atoms with Crippen molar-refractivity contribution in [1.29, 1.82) is 0 Å². The van der Waals surface area contributed by atoms with Gasteiger partial charge in [0.15, 0.2) is 11.5 Å². The fraction of sp³-hybridized carbons (Fsp3) is 0.600. The zero-order valence-corrected chi connectivity index (χ0v) is 11.7. The molecule has 2 aliphatic rings. The minimum absolute atomic E-state index is 0.0628. The lowest BCUT2D eigenvalue weighted by molar-refractivity contribution is 0.152. The van der Waals surface area contributed by atoms with Gasteiger partial charge in [-0.05, 0) is 38.0 Å². The Morgan fingerprint density at radius 3 is 2.68 bits per heavy atom. The van der Waals surface area contributed by atoms with Crippen LogP contribution in [0.5, 0.6) is 11.5 Å². The summed E-state index contributed by atoms with van der Waals surface area (Å²) in [5.41, 5.74) is 7.50. The third-order valence-corrected chi connectivity index (χ3v) is 4.41. The van der Waals surface area contributed by atoms with Gasteiger partial charge in [-0.1, -0.05) is 6.07 Å². The first-order valence-corrected chi connectivity index (χ1v) is 6.96. The average Bonchev–Trinajstić information content (AvgIpc) is 2.65. The molecule has 1 fully saturated rings. The highest BCUT2D eigenvalue weighted by atomic mass is 16.6. The molecule has 0 spiro atoms. The van der Waals surface area contributed by atoms with Crippen molar-refractivity contribution in [2.75, 3.05) is 19.8 Å². The Morgan fingerprint density at radius 2 is 2.00 bits per heavy atom. The van der Waals surface area contributed by atoms with E-state index < -0.39 is 0 Å². The molecular weight excluding hydrogens is 240 g/mol. The maximum atomic E-state index is 6.18. The molecule has 4 heteroatoms. The average molecular weight is 262 g/mol. The fourth-order valence-corrected chi connectivity index (χ4v) is 2.86. The summed E-state index contributed by atoms with van der Waals surface area (Å²) < 4.78 is 11.2. The highest BCUT2D eigenvalue weighted by Gasteiger charge is 2.38. The maximum Gasteiger partial charge on any atom is 0.161 e. The quantitative estimate of drug-likeness (QED) is 0.882. The molecule has 1 aromatic carbocycles. The van der Waals surface area contributed by atoms with Gasteiger partial charge in [0, 0.05) is 24.7 Å². The molecule has 2 N–H and O–H groups in total. The number of fused-ring (bicyclic) bond motifs is 1. The molecule has 0 amide bonds. The molecule has 19 heavy (non-hydrogen) atoms. The van der Waals surface area contributed by atoms with Gasteiger partial charge in [0.25, 0.3) is 0 Å². The smallest absolute Gasteiger partial charge is 0.161 e. The van der Waals surface area contributed by atoms with Crippen molar-refractivity contribution >= 4 is 0 Å². The number of benzene rings is 1. The van der Waals surface area contributed by atoms with Crippen molar-refractivity contribution < 1.29 is 9.47 Å². The summed E-state index contributed by atoms with van der Waals surface area (Å²) in [5.74, 6) is 1.72. The van der Waals surface area contributed by atoms with E-state index in [1.54, 1.807) is 0 Å². The van der Waals surface area contributed by atoms with Gasteiger partial charge in [0.05, 0.1) is 0 Å². The predicted octanol–water partition coefficient (Wildman–Crippen LogP) is 1.77. The van der Waals surface area contributed by atoms with Crippen LogP contribution in [-0.4, -0.2) is 36.2 Å². The number of hydrogen-bond donors (Lipinski definition) is 1. The molecule has 0 saturated carbocycles. The van der Waals surface area contributed by atoms with Crippen LogP contribution >= 0.6 is 0 Å². The number of nitrogens with two attached hydrogens (primary N) is 1. The van der Waals surface area contributed by atoms with Crippen LogP contribution in [0.1, 0.15) is 25.8 Å². The second-order valence-electron chi connectivity index (χ2n) is 5.95. The van der Waals surface area contributed by atoms with Crippen LogP contribution in [0.4, 0.5) is 0 Å². The Bertz CT molecular complexity index is 473. The highest BCUT2D eigenvalue weighted by molar-refractivity contribution is 5.43. The molecule has 2 heterocycles. The largest absolute Gasteiger partial charge is 0.486 e. The molecule has 0 aromatic heterocycles. The zero-order chi connectivity index (χ0) is 13.5.